The predicted octanol–water partition coefficient (Wildman–Crippen LogP) is 3.88. The Balaban J connectivity index is 1.42. The molecule has 0 spiro atoms. The Bertz CT molecular complexity index is 1400. The third-order valence-electron chi connectivity index (χ3n) is 7.29. The molecule has 0 aliphatic heterocycles. The van der Waals surface area contributed by atoms with Crippen LogP contribution in [0.4, 0.5) is 5.82 Å². The van der Waals surface area contributed by atoms with E-state index in [-0.39, 0.29) is 17.4 Å². The van der Waals surface area contributed by atoms with E-state index in [1.807, 2.05) is 18.2 Å². The van der Waals surface area contributed by atoms with E-state index in [4.69, 9.17) is 31.5 Å². The van der Waals surface area contributed by atoms with E-state index in [1.165, 1.54) is 18.0 Å². The first-order valence-corrected chi connectivity index (χ1v) is 13.6. The molecule has 0 unspecified atom stereocenters. The predicted molar refractivity (Wildman–Crippen MR) is 155 cm³/mol. The van der Waals surface area contributed by atoms with Gasteiger partial charge in [0.15, 0.2) is 0 Å². The molecule has 2 aromatic carbocycles. The van der Waals surface area contributed by atoms with Crippen LogP contribution in [-0.2, 0) is 6.54 Å². The zero-order valence-electron chi connectivity index (χ0n) is 23.3. The second-order valence-electron chi connectivity index (χ2n) is 9.97. The summed E-state index contributed by atoms with van der Waals surface area (Å²) in [6.45, 7) is 3.24. The highest BCUT2D eigenvalue weighted by Gasteiger charge is 2.27. The Morgan fingerprint density at radius 1 is 1.12 bits per heavy atom. The van der Waals surface area contributed by atoms with E-state index in [0.29, 0.717) is 34.5 Å². The maximum absolute atomic E-state index is 13.4. The van der Waals surface area contributed by atoms with Gasteiger partial charge in [-0.2, -0.15) is 0 Å². The number of hydrogen-bond donors (Lipinski definition) is 3. The number of amides is 1. The minimum absolute atomic E-state index is 0.0812. The van der Waals surface area contributed by atoms with Gasteiger partial charge in [0.25, 0.3) is 11.5 Å². The quantitative estimate of drug-likeness (QED) is 0.335. The number of aromatic nitrogens is 2. The first-order chi connectivity index (χ1) is 19.2. The summed E-state index contributed by atoms with van der Waals surface area (Å²) < 4.78 is 17.3. The largest absolute Gasteiger partial charge is 0.497 e. The fraction of sp³-hybridized carbons (Fsp3) is 0.414. The molecule has 1 aliphatic carbocycles. The molecule has 4 N–H and O–H groups in total. The standard InChI is InChI=1S/C29H36ClN5O5/c1-17-10-22(39-3)12-23(30)26(17)35-16-33-27(31)25(29(35)37)28(36)34-20-7-5-6-18(11-20)14-32-15-19-8-9-21(38-2)13-24(19)40-4/h8-10,12-13,16,18,20,32H,5-7,11,14-15,31H2,1-4H3,(H,34,36)/t18-,20+/m1/s1. The van der Waals surface area contributed by atoms with Gasteiger partial charge in [-0.15, -0.1) is 0 Å². The smallest absolute Gasteiger partial charge is 0.273 e. The first kappa shape index (κ1) is 29.2. The van der Waals surface area contributed by atoms with Crippen LogP contribution >= 0.6 is 11.6 Å². The van der Waals surface area contributed by atoms with E-state index in [2.05, 4.69) is 15.6 Å². The number of carbonyl (C=O) groups is 1. The van der Waals surface area contributed by atoms with E-state index >= 15 is 0 Å². The van der Waals surface area contributed by atoms with Crippen molar-refractivity contribution in [2.75, 3.05) is 33.6 Å². The fourth-order valence-electron chi connectivity index (χ4n) is 5.24. The minimum Gasteiger partial charge on any atom is -0.497 e. The number of carbonyl (C=O) groups excluding carboxylic acids is 1. The zero-order chi connectivity index (χ0) is 28.8. The minimum atomic E-state index is -0.581. The molecule has 40 heavy (non-hydrogen) atoms. The molecule has 4 rings (SSSR count). The van der Waals surface area contributed by atoms with Gasteiger partial charge in [0.2, 0.25) is 0 Å². The number of benzene rings is 2. The number of nitrogens with two attached hydrogens (primary N) is 1. The number of rotatable bonds is 10. The number of nitrogens with zero attached hydrogens (tertiary/aromatic N) is 2. The fourth-order valence-corrected chi connectivity index (χ4v) is 5.59. The van der Waals surface area contributed by atoms with Gasteiger partial charge in [0.05, 0.1) is 32.0 Å². The Labute approximate surface area is 238 Å². The molecule has 214 valence electrons. The van der Waals surface area contributed by atoms with Gasteiger partial charge in [0, 0.05) is 30.3 Å². The molecule has 1 amide bonds. The number of aryl methyl sites for hydroxylation is 1. The Hall–Kier alpha value is -3.76. The summed E-state index contributed by atoms with van der Waals surface area (Å²) in [5.74, 6) is 1.79. The molecule has 1 heterocycles. The summed E-state index contributed by atoms with van der Waals surface area (Å²) in [5, 5.41) is 6.84. The van der Waals surface area contributed by atoms with Gasteiger partial charge in [-0.25, -0.2) is 4.98 Å². The van der Waals surface area contributed by atoms with Crippen LogP contribution in [0, 0.1) is 12.8 Å². The maximum atomic E-state index is 13.4. The second-order valence-corrected chi connectivity index (χ2v) is 10.4. The van der Waals surface area contributed by atoms with Crippen molar-refractivity contribution in [1.29, 1.82) is 0 Å². The van der Waals surface area contributed by atoms with Gasteiger partial charge in [0.1, 0.15) is 35.0 Å². The monoisotopic (exact) mass is 569 g/mol. The molecule has 1 aromatic heterocycles. The number of nitrogens with one attached hydrogen (secondary N) is 2. The molecular formula is C29H36ClN5O5. The van der Waals surface area contributed by atoms with Crippen LogP contribution in [0.1, 0.15) is 47.2 Å². The second kappa shape index (κ2) is 13.1. The Kier molecular flexibility index (Phi) is 9.54. The van der Waals surface area contributed by atoms with Crippen molar-refractivity contribution in [2.24, 2.45) is 5.92 Å². The van der Waals surface area contributed by atoms with E-state index < -0.39 is 11.5 Å². The van der Waals surface area contributed by atoms with E-state index in [0.717, 1.165) is 49.3 Å². The summed E-state index contributed by atoms with van der Waals surface area (Å²) in [6, 6.07) is 9.04. The van der Waals surface area contributed by atoms with Gasteiger partial charge in [-0.1, -0.05) is 24.1 Å². The first-order valence-electron chi connectivity index (χ1n) is 13.2. The maximum Gasteiger partial charge on any atom is 0.273 e. The van der Waals surface area contributed by atoms with Crippen LogP contribution in [0.3, 0.4) is 0 Å². The Morgan fingerprint density at radius 3 is 2.60 bits per heavy atom. The SMILES string of the molecule is COc1cc(C)c(-n2cnc(N)c(C(=O)N[C@H]3CCC[C@@H](CNCc4ccc(OC)cc4OC)C3)c2=O)c(Cl)c1. The van der Waals surface area contributed by atoms with Crippen LogP contribution in [-0.4, -0.2) is 49.4 Å². The third kappa shape index (κ3) is 6.51. The van der Waals surface area contributed by atoms with Crippen LogP contribution in [0.5, 0.6) is 17.2 Å². The lowest BCUT2D eigenvalue weighted by Crippen LogP contribution is -2.43. The average Bonchev–Trinajstić information content (AvgIpc) is 2.94. The lowest BCUT2D eigenvalue weighted by atomic mass is 9.85. The summed E-state index contributed by atoms with van der Waals surface area (Å²) >= 11 is 6.46. The molecule has 0 bridgehead atoms. The topological polar surface area (TPSA) is 130 Å². The molecule has 1 saturated carbocycles. The van der Waals surface area contributed by atoms with Crippen LogP contribution in [0.15, 0.2) is 41.5 Å². The number of nitrogen functional groups attached to an aromatic ring is 1. The lowest BCUT2D eigenvalue weighted by Gasteiger charge is -2.30. The third-order valence-corrected chi connectivity index (χ3v) is 7.58. The zero-order valence-corrected chi connectivity index (χ0v) is 24.0. The number of ether oxygens (including phenoxy) is 3. The number of halogens is 1. The van der Waals surface area contributed by atoms with Gasteiger partial charge in [-0.3, -0.25) is 14.2 Å². The lowest BCUT2D eigenvalue weighted by molar-refractivity contribution is 0.0918. The summed E-state index contributed by atoms with van der Waals surface area (Å²) in [5.41, 5.74) is 7.40. The molecule has 11 heteroatoms. The average molecular weight is 570 g/mol. The summed E-state index contributed by atoms with van der Waals surface area (Å²) in [4.78, 5) is 30.9. The van der Waals surface area contributed by atoms with Gasteiger partial charge >= 0.3 is 0 Å². The summed E-state index contributed by atoms with van der Waals surface area (Å²) in [6.07, 6.45) is 4.92. The highest BCUT2D eigenvalue weighted by molar-refractivity contribution is 6.32. The van der Waals surface area contributed by atoms with Crippen molar-refractivity contribution in [2.45, 2.75) is 45.2 Å². The molecule has 2 atom stereocenters. The molecule has 3 aromatic rings. The van der Waals surface area contributed by atoms with E-state index in [1.54, 1.807) is 33.3 Å². The van der Waals surface area contributed by atoms with Crippen LogP contribution in [0.2, 0.25) is 5.02 Å². The van der Waals surface area contributed by atoms with Gasteiger partial charge in [-0.05, 0) is 56.3 Å². The molecular weight excluding hydrogens is 534 g/mol. The van der Waals surface area contributed by atoms with Crippen molar-refractivity contribution in [1.82, 2.24) is 20.2 Å². The van der Waals surface area contributed by atoms with Crippen LogP contribution < -0.4 is 36.1 Å². The molecule has 0 saturated heterocycles. The van der Waals surface area contributed by atoms with Crippen molar-refractivity contribution >= 4 is 23.3 Å². The molecule has 0 radical (unpaired) electrons. The Morgan fingerprint density at radius 2 is 1.90 bits per heavy atom. The number of hydrogen-bond acceptors (Lipinski definition) is 8. The van der Waals surface area contributed by atoms with Crippen LogP contribution in [0.25, 0.3) is 5.69 Å². The molecule has 1 aliphatic rings. The number of methoxy groups -OCH3 is 3. The highest BCUT2D eigenvalue weighted by atomic mass is 35.5. The van der Waals surface area contributed by atoms with Crippen molar-refractivity contribution in [3.8, 4) is 22.9 Å². The van der Waals surface area contributed by atoms with Crippen molar-refractivity contribution in [3.05, 3.63) is 68.7 Å². The van der Waals surface area contributed by atoms with Crippen molar-refractivity contribution in [3.63, 3.8) is 0 Å². The highest BCUT2D eigenvalue weighted by Crippen LogP contribution is 2.29. The van der Waals surface area contributed by atoms with Crippen molar-refractivity contribution < 1.29 is 19.0 Å². The summed E-state index contributed by atoms with van der Waals surface area (Å²) in [7, 11) is 4.80. The molecule has 1 fully saturated rings. The number of anilines is 1. The van der Waals surface area contributed by atoms with Gasteiger partial charge < -0.3 is 30.6 Å². The van der Waals surface area contributed by atoms with E-state index in [9.17, 15) is 9.59 Å². The normalized spacial score (nSPS) is 16.8. The molecule has 10 nitrogen and oxygen atoms in total.